The van der Waals surface area contributed by atoms with Gasteiger partial charge in [0.2, 0.25) is 0 Å². The lowest BCUT2D eigenvalue weighted by atomic mass is 9.87. The average molecular weight is 534 g/mol. The summed E-state index contributed by atoms with van der Waals surface area (Å²) < 4.78 is 2.18. The second kappa shape index (κ2) is 7.37. The van der Waals surface area contributed by atoms with Crippen LogP contribution in [0.4, 0.5) is 11.4 Å². The van der Waals surface area contributed by atoms with E-state index in [1.165, 1.54) is 22.5 Å². The maximum atomic E-state index is 13.7. The molecule has 4 rings (SSSR count). The van der Waals surface area contributed by atoms with Crippen molar-refractivity contribution in [3.05, 3.63) is 56.5 Å². The molecule has 5 heteroatoms. The zero-order valence-electron chi connectivity index (χ0n) is 18.6. The van der Waals surface area contributed by atoms with Crippen molar-refractivity contribution in [2.24, 2.45) is 0 Å². The van der Waals surface area contributed by atoms with Gasteiger partial charge < -0.3 is 9.80 Å². The molecule has 30 heavy (non-hydrogen) atoms. The third-order valence-electron chi connectivity index (χ3n) is 6.88. The van der Waals surface area contributed by atoms with E-state index in [1.54, 1.807) is 0 Å². The van der Waals surface area contributed by atoms with E-state index in [0.717, 1.165) is 22.0 Å². The highest BCUT2D eigenvalue weighted by Gasteiger charge is 2.43. The van der Waals surface area contributed by atoms with Gasteiger partial charge in [0.15, 0.2) is 5.78 Å². The van der Waals surface area contributed by atoms with Gasteiger partial charge in [-0.25, -0.2) is 0 Å². The molecule has 0 N–H and O–H groups in total. The number of carbonyl (C=O) groups excluding carboxylic acids is 1. The summed E-state index contributed by atoms with van der Waals surface area (Å²) in [6.45, 7) is 14.9. The minimum atomic E-state index is -0.177. The molecule has 0 aromatic heterocycles. The van der Waals surface area contributed by atoms with Gasteiger partial charge in [0.1, 0.15) is 0 Å². The number of hydrogen-bond donors (Lipinski definition) is 0. The van der Waals surface area contributed by atoms with E-state index in [9.17, 15) is 4.79 Å². The summed E-state index contributed by atoms with van der Waals surface area (Å²) in [6.07, 6.45) is 0. The van der Waals surface area contributed by atoms with E-state index in [2.05, 4.69) is 120 Å². The first-order valence-corrected chi connectivity index (χ1v) is 12.2. The second-order valence-corrected chi connectivity index (χ2v) is 11.9. The smallest absolute Gasteiger partial charge is 0.176 e. The number of ketones is 1. The van der Waals surface area contributed by atoms with E-state index in [0.29, 0.717) is 0 Å². The largest absolute Gasteiger partial charge is 0.361 e. The van der Waals surface area contributed by atoms with E-state index < -0.39 is 0 Å². The van der Waals surface area contributed by atoms with Gasteiger partial charge in [-0.1, -0.05) is 59.6 Å². The van der Waals surface area contributed by atoms with Crippen molar-refractivity contribution in [2.45, 2.75) is 64.5 Å². The molecule has 0 spiro atoms. The quantitative estimate of drug-likeness (QED) is 0.451. The number of anilines is 2. The molecule has 2 unspecified atom stereocenters. The molecule has 0 radical (unpaired) electrons. The molecule has 2 aliphatic rings. The highest BCUT2D eigenvalue weighted by atomic mass is 79.9. The van der Waals surface area contributed by atoms with Gasteiger partial charge in [0.25, 0.3) is 0 Å². The van der Waals surface area contributed by atoms with Crippen LogP contribution in [-0.2, 0) is 15.6 Å². The fraction of sp³-hybridized carbons (Fsp3) is 0.480. The maximum absolute atomic E-state index is 13.7. The Balaban J connectivity index is 1.62. The standard InChI is InChI=1S/C25H30Br2N2O/c1-15(28-13-24(3,4)19-11-17(26)7-9-21(19)28)23(30)16(2)29-14-25(5,6)20-12-18(27)8-10-22(20)29/h7-12,15-16H,13-14H2,1-6H3. The molecule has 2 aromatic carbocycles. The van der Waals surface area contributed by atoms with Gasteiger partial charge in [-0.3, -0.25) is 4.79 Å². The molecule has 2 aromatic rings. The minimum Gasteiger partial charge on any atom is -0.361 e. The van der Waals surface area contributed by atoms with E-state index >= 15 is 0 Å². The van der Waals surface area contributed by atoms with Crippen molar-refractivity contribution in [3.8, 4) is 0 Å². The van der Waals surface area contributed by atoms with Crippen LogP contribution in [-0.4, -0.2) is 31.0 Å². The van der Waals surface area contributed by atoms with Gasteiger partial charge in [0.05, 0.1) is 12.1 Å². The number of hydrogen-bond acceptors (Lipinski definition) is 3. The van der Waals surface area contributed by atoms with Crippen LogP contribution in [0.25, 0.3) is 0 Å². The molecule has 2 aliphatic heterocycles. The number of Topliss-reactive ketones (excluding diaryl/α,β-unsaturated/α-hetero) is 1. The highest BCUT2D eigenvalue weighted by molar-refractivity contribution is 9.10. The number of fused-ring (bicyclic) bond motifs is 2. The monoisotopic (exact) mass is 532 g/mol. The number of rotatable bonds is 4. The summed E-state index contributed by atoms with van der Waals surface area (Å²) in [5.41, 5.74) is 5.02. The van der Waals surface area contributed by atoms with Crippen molar-refractivity contribution in [1.82, 2.24) is 0 Å². The number of carbonyl (C=O) groups is 1. The topological polar surface area (TPSA) is 23.6 Å². The maximum Gasteiger partial charge on any atom is 0.176 e. The zero-order valence-corrected chi connectivity index (χ0v) is 21.8. The molecule has 0 saturated heterocycles. The minimum absolute atomic E-state index is 0.0192. The Morgan fingerprint density at radius 2 is 1.17 bits per heavy atom. The number of nitrogens with zero attached hydrogens (tertiary/aromatic N) is 2. The van der Waals surface area contributed by atoms with E-state index in [4.69, 9.17) is 0 Å². The number of benzene rings is 2. The molecule has 2 atom stereocenters. The molecule has 0 fully saturated rings. The summed E-state index contributed by atoms with van der Waals surface area (Å²) in [7, 11) is 0. The SMILES string of the molecule is CC(C(=O)C(C)N1CC(C)(C)c2cc(Br)ccc21)N1CC(C)(C)c2cc(Br)ccc21. The summed E-state index contributed by atoms with van der Waals surface area (Å²) >= 11 is 7.21. The van der Waals surface area contributed by atoms with Crippen LogP contribution >= 0.6 is 31.9 Å². The van der Waals surface area contributed by atoms with Crippen LogP contribution in [0.2, 0.25) is 0 Å². The van der Waals surface area contributed by atoms with Crippen molar-refractivity contribution in [2.75, 3.05) is 22.9 Å². The predicted octanol–water partition coefficient (Wildman–Crippen LogP) is 6.45. The molecule has 2 heterocycles. The number of halogens is 2. The summed E-state index contributed by atoms with van der Waals surface area (Å²) in [6, 6.07) is 12.5. The van der Waals surface area contributed by atoms with Crippen molar-refractivity contribution in [3.63, 3.8) is 0 Å². The first-order valence-electron chi connectivity index (χ1n) is 10.6. The Labute approximate surface area is 197 Å². The molecular weight excluding hydrogens is 504 g/mol. The predicted molar refractivity (Wildman–Crippen MR) is 133 cm³/mol. The Bertz CT molecular complexity index is 935. The van der Waals surface area contributed by atoms with E-state index in [1.807, 2.05) is 0 Å². The Kier molecular flexibility index (Phi) is 5.38. The molecule has 0 amide bonds. The van der Waals surface area contributed by atoms with Gasteiger partial charge >= 0.3 is 0 Å². The molecular formula is C25H30Br2N2O. The van der Waals surface area contributed by atoms with Crippen LogP contribution in [0.3, 0.4) is 0 Å². The normalized spacial score (nSPS) is 20.7. The third kappa shape index (κ3) is 3.52. The van der Waals surface area contributed by atoms with Crippen LogP contribution in [0.1, 0.15) is 52.7 Å². The first kappa shape index (κ1) is 21.9. The van der Waals surface area contributed by atoms with Crippen LogP contribution in [0, 0.1) is 0 Å². The lowest BCUT2D eigenvalue weighted by Crippen LogP contribution is -2.50. The Morgan fingerprint density at radius 1 is 0.800 bits per heavy atom. The fourth-order valence-corrected chi connectivity index (χ4v) is 5.86. The average Bonchev–Trinajstić information content (AvgIpc) is 3.10. The van der Waals surface area contributed by atoms with Crippen LogP contribution in [0.5, 0.6) is 0 Å². The summed E-state index contributed by atoms with van der Waals surface area (Å²) in [5.74, 6) is 0.271. The third-order valence-corrected chi connectivity index (χ3v) is 7.87. The van der Waals surface area contributed by atoms with Crippen LogP contribution < -0.4 is 9.80 Å². The fourth-order valence-electron chi connectivity index (χ4n) is 5.14. The lowest BCUT2D eigenvalue weighted by Gasteiger charge is -2.34. The molecule has 0 bridgehead atoms. The molecule has 0 saturated carbocycles. The molecule has 0 aliphatic carbocycles. The highest BCUT2D eigenvalue weighted by Crippen LogP contribution is 2.45. The van der Waals surface area contributed by atoms with Gasteiger partial charge in [-0.05, 0) is 61.4 Å². The van der Waals surface area contributed by atoms with Gasteiger partial charge in [-0.2, -0.15) is 0 Å². The molecule has 160 valence electrons. The van der Waals surface area contributed by atoms with Crippen LogP contribution in [0.15, 0.2) is 45.3 Å². The zero-order chi connectivity index (χ0) is 22.0. The first-order chi connectivity index (χ1) is 13.9. The van der Waals surface area contributed by atoms with Crippen molar-refractivity contribution < 1.29 is 4.79 Å². The van der Waals surface area contributed by atoms with Crippen molar-refractivity contribution >= 4 is 49.0 Å². The van der Waals surface area contributed by atoms with Crippen molar-refractivity contribution in [1.29, 1.82) is 0 Å². The van der Waals surface area contributed by atoms with Gasteiger partial charge in [0, 0.05) is 44.2 Å². The molecule has 3 nitrogen and oxygen atoms in total. The van der Waals surface area contributed by atoms with E-state index in [-0.39, 0.29) is 28.7 Å². The summed E-state index contributed by atoms with van der Waals surface area (Å²) in [4.78, 5) is 18.3. The Morgan fingerprint density at radius 3 is 1.53 bits per heavy atom. The summed E-state index contributed by atoms with van der Waals surface area (Å²) in [5, 5.41) is 0. The second-order valence-electron chi connectivity index (χ2n) is 10.1. The van der Waals surface area contributed by atoms with Gasteiger partial charge in [-0.15, -0.1) is 0 Å². The lowest BCUT2D eigenvalue weighted by molar-refractivity contribution is -0.121. The Hall–Kier alpha value is -1.33.